The minimum Gasteiger partial charge on any atom is -0.313 e. The molecular formula is C11H21NO. The molecule has 0 aromatic heterocycles. The molecule has 0 amide bonds. The maximum Gasteiger partial charge on any atom is 0.0441 e. The topological polar surface area (TPSA) is 23.5 Å². The van der Waals surface area contributed by atoms with Crippen molar-refractivity contribution in [3.8, 4) is 0 Å². The molecule has 1 N–H and O–H groups in total. The molecule has 2 atom stereocenters. The Bertz CT molecular complexity index is 198. The molecule has 2 bridgehead atoms. The summed E-state index contributed by atoms with van der Waals surface area (Å²) < 4.78 is 0. The van der Waals surface area contributed by atoms with Gasteiger partial charge in [-0.05, 0) is 51.9 Å². The third-order valence-electron chi connectivity index (χ3n) is 4.03. The van der Waals surface area contributed by atoms with E-state index in [2.05, 4.69) is 20.8 Å². The average Bonchev–Trinajstić information content (AvgIpc) is 1.97. The van der Waals surface area contributed by atoms with Gasteiger partial charge in [-0.1, -0.05) is 6.92 Å². The third-order valence-corrected chi connectivity index (χ3v) is 4.03. The van der Waals surface area contributed by atoms with E-state index in [0.717, 1.165) is 31.6 Å². The third kappa shape index (κ3) is 1.31. The monoisotopic (exact) mass is 183 g/mol. The minimum absolute atomic E-state index is 0.0602. The molecule has 76 valence electrons. The van der Waals surface area contributed by atoms with Crippen molar-refractivity contribution in [2.45, 2.75) is 64.0 Å². The van der Waals surface area contributed by atoms with Crippen molar-refractivity contribution in [3.63, 3.8) is 0 Å². The highest BCUT2D eigenvalue weighted by atomic mass is 16.5. The first-order chi connectivity index (χ1) is 5.96. The number of rotatable bonds is 0. The summed E-state index contributed by atoms with van der Waals surface area (Å²) in [5.74, 6) is 0.763. The van der Waals surface area contributed by atoms with Gasteiger partial charge in [0.1, 0.15) is 0 Å². The fraction of sp³-hybridized carbons (Fsp3) is 1.00. The van der Waals surface area contributed by atoms with Crippen molar-refractivity contribution in [1.82, 2.24) is 5.06 Å². The van der Waals surface area contributed by atoms with Gasteiger partial charge in [-0.25, -0.2) is 0 Å². The highest BCUT2D eigenvalue weighted by Gasteiger charge is 2.51. The highest BCUT2D eigenvalue weighted by molar-refractivity contribution is 5.02. The lowest BCUT2D eigenvalue weighted by Crippen LogP contribution is -2.63. The number of piperidine rings is 2. The lowest BCUT2D eigenvalue weighted by Gasteiger charge is -2.57. The van der Waals surface area contributed by atoms with Crippen molar-refractivity contribution >= 4 is 0 Å². The van der Waals surface area contributed by atoms with Crippen molar-refractivity contribution < 1.29 is 5.21 Å². The van der Waals surface area contributed by atoms with E-state index in [-0.39, 0.29) is 11.1 Å². The normalized spacial score (nSPS) is 52.2. The Morgan fingerprint density at radius 1 is 1.15 bits per heavy atom. The molecule has 2 rings (SSSR count). The first kappa shape index (κ1) is 9.47. The fourth-order valence-corrected chi connectivity index (χ4v) is 3.66. The lowest BCUT2D eigenvalue weighted by molar-refractivity contribution is -0.279. The largest absolute Gasteiger partial charge is 0.313 e. The van der Waals surface area contributed by atoms with Gasteiger partial charge in [-0.2, -0.15) is 5.06 Å². The van der Waals surface area contributed by atoms with Gasteiger partial charge in [-0.15, -0.1) is 0 Å². The standard InChI is InChI=1S/C11H21NO/c1-9-7-10(2)5-4-6-11(3,8-9)12(10)13/h9,13H,4-8H2,1-3H3. The summed E-state index contributed by atoms with van der Waals surface area (Å²) in [6.45, 7) is 6.73. The Labute approximate surface area is 80.9 Å². The van der Waals surface area contributed by atoms with E-state index in [1.54, 1.807) is 5.06 Å². The van der Waals surface area contributed by atoms with Gasteiger partial charge in [0, 0.05) is 11.1 Å². The molecular weight excluding hydrogens is 162 g/mol. The van der Waals surface area contributed by atoms with E-state index in [0.29, 0.717) is 0 Å². The maximum atomic E-state index is 10.2. The molecule has 0 aliphatic carbocycles. The zero-order valence-corrected chi connectivity index (χ0v) is 9.01. The van der Waals surface area contributed by atoms with Crippen LogP contribution in [0.2, 0.25) is 0 Å². The number of nitrogens with zero attached hydrogens (tertiary/aromatic N) is 1. The lowest BCUT2D eigenvalue weighted by atomic mass is 9.67. The summed E-state index contributed by atoms with van der Waals surface area (Å²) in [5, 5.41) is 11.8. The van der Waals surface area contributed by atoms with Crippen LogP contribution in [0.4, 0.5) is 0 Å². The van der Waals surface area contributed by atoms with Gasteiger partial charge in [-0.3, -0.25) is 0 Å². The van der Waals surface area contributed by atoms with Crippen molar-refractivity contribution in [3.05, 3.63) is 0 Å². The number of hydrogen-bond acceptors (Lipinski definition) is 2. The van der Waals surface area contributed by atoms with Gasteiger partial charge in [0.2, 0.25) is 0 Å². The second-order valence-electron chi connectivity index (χ2n) is 5.67. The molecule has 0 saturated carbocycles. The molecule has 2 aliphatic rings. The molecule has 0 aromatic rings. The van der Waals surface area contributed by atoms with Crippen molar-refractivity contribution in [2.75, 3.05) is 0 Å². The van der Waals surface area contributed by atoms with Crippen molar-refractivity contribution in [1.29, 1.82) is 0 Å². The predicted octanol–water partition coefficient (Wildman–Crippen LogP) is 2.81. The van der Waals surface area contributed by atoms with Crippen LogP contribution in [0.5, 0.6) is 0 Å². The minimum atomic E-state index is 0.0602. The number of hydroxylamine groups is 2. The van der Waals surface area contributed by atoms with Crippen molar-refractivity contribution in [2.24, 2.45) is 5.92 Å². The maximum absolute atomic E-state index is 10.2. The Morgan fingerprint density at radius 2 is 1.62 bits per heavy atom. The van der Waals surface area contributed by atoms with E-state index >= 15 is 0 Å². The summed E-state index contributed by atoms with van der Waals surface area (Å²) in [6.07, 6.45) is 5.89. The summed E-state index contributed by atoms with van der Waals surface area (Å²) in [7, 11) is 0. The van der Waals surface area contributed by atoms with Crippen LogP contribution >= 0.6 is 0 Å². The van der Waals surface area contributed by atoms with E-state index in [9.17, 15) is 5.21 Å². The molecule has 2 unspecified atom stereocenters. The molecule has 2 heteroatoms. The Morgan fingerprint density at radius 3 is 2.08 bits per heavy atom. The fourth-order valence-electron chi connectivity index (χ4n) is 3.66. The molecule has 2 saturated heterocycles. The second-order valence-corrected chi connectivity index (χ2v) is 5.67. The van der Waals surface area contributed by atoms with Gasteiger partial charge in [0.25, 0.3) is 0 Å². The van der Waals surface area contributed by atoms with Crippen LogP contribution < -0.4 is 0 Å². The van der Waals surface area contributed by atoms with Crippen LogP contribution in [-0.2, 0) is 0 Å². The van der Waals surface area contributed by atoms with Crippen LogP contribution in [0.15, 0.2) is 0 Å². The highest BCUT2D eigenvalue weighted by Crippen LogP contribution is 2.48. The summed E-state index contributed by atoms with van der Waals surface area (Å²) >= 11 is 0. The smallest absolute Gasteiger partial charge is 0.0441 e. The van der Waals surface area contributed by atoms with E-state index in [1.807, 2.05) is 0 Å². The molecule has 2 fully saturated rings. The van der Waals surface area contributed by atoms with Crippen LogP contribution in [0, 0.1) is 5.92 Å². The molecule has 0 spiro atoms. The van der Waals surface area contributed by atoms with Crippen LogP contribution in [-0.4, -0.2) is 21.3 Å². The van der Waals surface area contributed by atoms with Crippen LogP contribution in [0.1, 0.15) is 52.9 Å². The summed E-state index contributed by atoms with van der Waals surface area (Å²) in [5.41, 5.74) is 0.120. The molecule has 2 aliphatic heterocycles. The molecule has 0 aromatic carbocycles. The summed E-state index contributed by atoms with van der Waals surface area (Å²) in [4.78, 5) is 0. The quantitative estimate of drug-likeness (QED) is 0.624. The Balaban J connectivity index is 2.29. The zero-order chi connectivity index (χ0) is 9.69. The van der Waals surface area contributed by atoms with Crippen LogP contribution in [0.25, 0.3) is 0 Å². The first-order valence-corrected chi connectivity index (χ1v) is 5.46. The van der Waals surface area contributed by atoms with Gasteiger partial charge in [0.15, 0.2) is 0 Å². The Hall–Kier alpha value is -0.0800. The molecule has 2 heterocycles. The number of fused-ring (bicyclic) bond motifs is 2. The molecule has 2 nitrogen and oxygen atoms in total. The SMILES string of the molecule is CC1CC2(C)CCCC(C)(C1)N2O. The van der Waals surface area contributed by atoms with E-state index in [4.69, 9.17) is 0 Å². The van der Waals surface area contributed by atoms with Crippen LogP contribution in [0.3, 0.4) is 0 Å². The van der Waals surface area contributed by atoms with Gasteiger partial charge < -0.3 is 5.21 Å². The zero-order valence-electron chi connectivity index (χ0n) is 9.01. The number of hydrogen-bond donors (Lipinski definition) is 1. The van der Waals surface area contributed by atoms with Gasteiger partial charge in [0.05, 0.1) is 0 Å². The second kappa shape index (κ2) is 2.71. The average molecular weight is 183 g/mol. The summed E-state index contributed by atoms with van der Waals surface area (Å²) in [6, 6.07) is 0. The first-order valence-electron chi connectivity index (χ1n) is 5.46. The van der Waals surface area contributed by atoms with Gasteiger partial charge >= 0.3 is 0 Å². The molecule has 0 radical (unpaired) electrons. The molecule has 13 heavy (non-hydrogen) atoms. The Kier molecular flexibility index (Phi) is 1.97. The van der Waals surface area contributed by atoms with E-state index < -0.39 is 0 Å². The van der Waals surface area contributed by atoms with E-state index in [1.165, 1.54) is 6.42 Å². The predicted molar refractivity (Wildman–Crippen MR) is 52.7 cm³/mol.